The third-order valence-electron chi connectivity index (χ3n) is 4.61. The van der Waals surface area contributed by atoms with Crippen molar-refractivity contribution in [2.24, 2.45) is 0 Å². The lowest BCUT2D eigenvalue weighted by Crippen LogP contribution is -2.25. The first kappa shape index (κ1) is 16.6. The van der Waals surface area contributed by atoms with Crippen LogP contribution in [0.3, 0.4) is 0 Å². The number of pyridine rings is 1. The number of nitrogens with one attached hydrogen (secondary N) is 1. The minimum Gasteiger partial charge on any atom is -0.379 e. The van der Waals surface area contributed by atoms with E-state index in [2.05, 4.69) is 50.4 Å². The summed E-state index contributed by atoms with van der Waals surface area (Å²) in [5.74, 6) is 1.03. The standard InChI is InChI=1S/C20H28N4/c1-23(2)20-17(10-9-13-21-20)16-22-18-11-5-6-12-19(18)24-14-7-3-4-8-15-24/h5-6,9-13,22H,3-4,7-8,14-16H2,1-2H3. The fourth-order valence-electron chi connectivity index (χ4n) is 3.37. The van der Waals surface area contributed by atoms with Gasteiger partial charge in [-0.1, -0.05) is 31.0 Å². The molecular weight excluding hydrogens is 296 g/mol. The molecule has 0 aliphatic carbocycles. The van der Waals surface area contributed by atoms with E-state index in [1.807, 2.05) is 26.4 Å². The maximum absolute atomic E-state index is 4.49. The zero-order valence-corrected chi connectivity index (χ0v) is 14.8. The van der Waals surface area contributed by atoms with E-state index in [1.165, 1.54) is 42.6 Å². The highest BCUT2D eigenvalue weighted by atomic mass is 15.2. The Morgan fingerprint density at radius 3 is 2.50 bits per heavy atom. The van der Waals surface area contributed by atoms with Crippen LogP contribution >= 0.6 is 0 Å². The Hall–Kier alpha value is -2.23. The van der Waals surface area contributed by atoms with E-state index in [1.54, 1.807) is 0 Å². The van der Waals surface area contributed by atoms with Gasteiger partial charge in [-0.2, -0.15) is 0 Å². The molecule has 0 bridgehead atoms. The molecular formula is C20H28N4. The van der Waals surface area contributed by atoms with Crippen LogP contribution in [0, 0.1) is 0 Å². The van der Waals surface area contributed by atoms with Gasteiger partial charge in [-0.25, -0.2) is 4.98 Å². The Morgan fingerprint density at radius 1 is 1.00 bits per heavy atom. The van der Waals surface area contributed by atoms with Crippen LogP contribution in [0.2, 0.25) is 0 Å². The van der Waals surface area contributed by atoms with Crippen molar-refractivity contribution in [2.45, 2.75) is 32.2 Å². The lowest BCUT2D eigenvalue weighted by molar-refractivity contribution is 0.726. The van der Waals surface area contributed by atoms with Crippen LogP contribution in [-0.4, -0.2) is 32.2 Å². The summed E-state index contributed by atoms with van der Waals surface area (Å²) < 4.78 is 0. The molecule has 1 aromatic carbocycles. The number of hydrogen-bond acceptors (Lipinski definition) is 4. The van der Waals surface area contributed by atoms with Crippen LogP contribution in [0.25, 0.3) is 0 Å². The van der Waals surface area contributed by atoms with E-state index >= 15 is 0 Å². The number of anilines is 3. The molecule has 2 aromatic rings. The maximum atomic E-state index is 4.49. The molecule has 24 heavy (non-hydrogen) atoms. The van der Waals surface area contributed by atoms with Gasteiger partial charge in [0.1, 0.15) is 5.82 Å². The summed E-state index contributed by atoms with van der Waals surface area (Å²) in [7, 11) is 4.08. The predicted octanol–water partition coefficient (Wildman–Crippen LogP) is 4.14. The van der Waals surface area contributed by atoms with Crippen molar-refractivity contribution in [3.8, 4) is 0 Å². The molecule has 4 heteroatoms. The topological polar surface area (TPSA) is 31.4 Å². The Kier molecular flexibility index (Phi) is 5.57. The zero-order valence-electron chi connectivity index (χ0n) is 14.8. The molecule has 1 aliphatic rings. The molecule has 0 amide bonds. The SMILES string of the molecule is CN(C)c1ncccc1CNc1ccccc1N1CCCCCC1. The molecule has 0 saturated carbocycles. The average molecular weight is 324 g/mol. The van der Waals surface area contributed by atoms with E-state index < -0.39 is 0 Å². The van der Waals surface area contributed by atoms with Crippen molar-refractivity contribution in [3.05, 3.63) is 48.2 Å². The number of nitrogens with zero attached hydrogens (tertiary/aromatic N) is 3. The summed E-state index contributed by atoms with van der Waals surface area (Å²) in [6.07, 6.45) is 7.15. The van der Waals surface area contributed by atoms with Gasteiger partial charge in [0.05, 0.1) is 11.4 Å². The number of hydrogen-bond donors (Lipinski definition) is 1. The third kappa shape index (κ3) is 3.99. The van der Waals surface area contributed by atoms with E-state index in [4.69, 9.17) is 0 Å². The lowest BCUT2D eigenvalue weighted by Gasteiger charge is -2.26. The molecule has 3 rings (SSSR count). The molecule has 128 valence electrons. The van der Waals surface area contributed by atoms with Crippen molar-refractivity contribution in [1.29, 1.82) is 0 Å². The predicted molar refractivity (Wildman–Crippen MR) is 103 cm³/mol. The highest BCUT2D eigenvalue weighted by Gasteiger charge is 2.13. The highest BCUT2D eigenvalue weighted by molar-refractivity contribution is 5.70. The van der Waals surface area contributed by atoms with Gasteiger partial charge >= 0.3 is 0 Å². The quantitative estimate of drug-likeness (QED) is 0.895. The normalized spacial score (nSPS) is 15.0. The number of benzene rings is 1. The number of rotatable bonds is 5. The first-order valence-corrected chi connectivity index (χ1v) is 8.95. The molecule has 0 spiro atoms. The van der Waals surface area contributed by atoms with Crippen molar-refractivity contribution in [3.63, 3.8) is 0 Å². The van der Waals surface area contributed by atoms with Crippen LogP contribution in [0.1, 0.15) is 31.2 Å². The van der Waals surface area contributed by atoms with Gasteiger partial charge in [-0.3, -0.25) is 0 Å². The molecule has 0 atom stereocenters. The molecule has 1 N–H and O–H groups in total. The number of para-hydroxylation sites is 2. The Bertz CT molecular complexity index is 646. The first-order chi connectivity index (χ1) is 11.8. The van der Waals surface area contributed by atoms with Gasteiger partial charge in [0.2, 0.25) is 0 Å². The minimum atomic E-state index is 0.784. The molecule has 1 fully saturated rings. The van der Waals surface area contributed by atoms with E-state index in [-0.39, 0.29) is 0 Å². The van der Waals surface area contributed by atoms with Gasteiger partial charge < -0.3 is 15.1 Å². The van der Waals surface area contributed by atoms with Crippen LogP contribution in [-0.2, 0) is 6.54 Å². The zero-order chi connectivity index (χ0) is 16.8. The first-order valence-electron chi connectivity index (χ1n) is 8.95. The summed E-state index contributed by atoms with van der Waals surface area (Å²) in [5.41, 5.74) is 3.76. The number of aromatic nitrogens is 1. The Balaban J connectivity index is 1.76. The van der Waals surface area contributed by atoms with E-state index in [0.717, 1.165) is 25.5 Å². The van der Waals surface area contributed by atoms with Gasteiger partial charge in [-0.15, -0.1) is 0 Å². The molecule has 1 aliphatic heterocycles. The molecule has 0 unspecified atom stereocenters. The van der Waals surface area contributed by atoms with Crippen LogP contribution in [0.15, 0.2) is 42.6 Å². The maximum Gasteiger partial charge on any atom is 0.132 e. The summed E-state index contributed by atoms with van der Waals surface area (Å²) >= 11 is 0. The molecule has 4 nitrogen and oxygen atoms in total. The van der Waals surface area contributed by atoms with Crippen molar-refractivity contribution in [2.75, 3.05) is 42.3 Å². The van der Waals surface area contributed by atoms with Gasteiger partial charge in [-0.05, 0) is 31.0 Å². The second-order valence-electron chi connectivity index (χ2n) is 6.65. The largest absolute Gasteiger partial charge is 0.379 e. The fraction of sp³-hybridized carbons (Fsp3) is 0.450. The smallest absolute Gasteiger partial charge is 0.132 e. The molecule has 2 heterocycles. The Labute approximate surface area is 145 Å². The summed E-state index contributed by atoms with van der Waals surface area (Å²) in [4.78, 5) is 9.09. The fourth-order valence-corrected chi connectivity index (χ4v) is 3.37. The van der Waals surface area contributed by atoms with E-state index in [0.29, 0.717) is 0 Å². The van der Waals surface area contributed by atoms with Crippen LogP contribution in [0.4, 0.5) is 17.2 Å². The molecule has 1 aromatic heterocycles. The van der Waals surface area contributed by atoms with Gasteiger partial charge in [0, 0.05) is 45.5 Å². The monoisotopic (exact) mass is 324 g/mol. The highest BCUT2D eigenvalue weighted by Crippen LogP contribution is 2.29. The molecule has 1 saturated heterocycles. The van der Waals surface area contributed by atoms with Crippen molar-refractivity contribution >= 4 is 17.2 Å². The second kappa shape index (κ2) is 8.04. The van der Waals surface area contributed by atoms with Gasteiger partial charge in [0.15, 0.2) is 0 Å². The van der Waals surface area contributed by atoms with Crippen LogP contribution < -0.4 is 15.1 Å². The summed E-state index contributed by atoms with van der Waals surface area (Å²) in [5, 5.41) is 3.63. The van der Waals surface area contributed by atoms with Crippen molar-refractivity contribution in [1.82, 2.24) is 4.98 Å². The average Bonchev–Trinajstić information content (AvgIpc) is 2.89. The second-order valence-corrected chi connectivity index (χ2v) is 6.65. The summed E-state index contributed by atoms with van der Waals surface area (Å²) in [6.45, 7) is 3.11. The molecule has 0 radical (unpaired) electrons. The van der Waals surface area contributed by atoms with Gasteiger partial charge in [0.25, 0.3) is 0 Å². The van der Waals surface area contributed by atoms with Crippen LogP contribution in [0.5, 0.6) is 0 Å². The minimum absolute atomic E-state index is 0.784. The van der Waals surface area contributed by atoms with Crippen molar-refractivity contribution < 1.29 is 0 Å². The van der Waals surface area contributed by atoms with E-state index in [9.17, 15) is 0 Å². The third-order valence-corrected chi connectivity index (χ3v) is 4.61. The Morgan fingerprint density at radius 2 is 1.75 bits per heavy atom. The summed E-state index contributed by atoms with van der Waals surface area (Å²) in [6, 6.07) is 12.8. The lowest BCUT2D eigenvalue weighted by atomic mass is 10.2.